The third-order valence-electron chi connectivity index (χ3n) is 3.10. The summed E-state index contributed by atoms with van der Waals surface area (Å²) in [5.74, 6) is 0.396. The van der Waals surface area contributed by atoms with Crippen LogP contribution in [0, 0.1) is 0 Å². The number of carbonyl (C=O) groups excluding carboxylic acids is 1. The van der Waals surface area contributed by atoms with Crippen molar-refractivity contribution in [3.8, 4) is 5.75 Å². The van der Waals surface area contributed by atoms with Crippen molar-refractivity contribution in [2.75, 3.05) is 12.4 Å². The van der Waals surface area contributed by atoms with Gasteiger partial charge in [-0.2, -0.15) is 0 Å². The first-order chi connectivity index (χ1) is 10.6. The van der Waals surface area contributed by atoms with E-state index in [-0.39, 0.29) is 5.91 Å². The molecule has 1 aromatic carbocycles. The van der Waals surface area contributed by atoms with Crippen LogP contribution in [0.2, 0.25) is 0 Å². The highest BCUT2D eigenvalue weighted by Crippen LogP contribution is 2.24. The topological polar surface area (TPSA) is 64.1 Å². The molecule has 2 aromatic rings. The molecule has 7 heteroatoms. The van der Waals surface area contributed by atoms with Gasteiger partial charge in [-0.15, -0.1) is 10.2 Å². The quantitative estimate of drug-likeness (QED) is 0.724. The minimum absolute atomic E-state index is 0.234. The van der Waals surface area contributed by atoms with Crippen molar-refractivity contribution >= 4 is 38.3 Å². The van der Waals surface area contributed by atoms with Gasteiger partial charge in [0.05, 0.1) is 12.7 Å². The van der Waals surface area contributed by atoms with Crippen LogP contribution < -0.4 is 10.1 Å². The number of methoxy groups -OCH3 is 1. The lowest BCUT2D eigenvalue weighted by molar-refractivity contribution is 0.102. The van der Waals surface area contributed by atoms with Gasteiger partial charge < -0.3 is 4.74 Å². The number of rotatable bonds is 7. The van der Waals surface area contributed by atoms with Gasteiger partial charge >= 0.3 is 0 Å². The van der Waals surface area contributed by atoms with Crippen molar-refractivity contribution < 1.29 is 9.53 Å². The summed E-state index contributed by atoms with van der Waals surface area (Å²) >= 11 is 4.79. The van der Waals surface area contributed by atoms with Crippen molar-refractivity contribution in [3.63, 3.8) is 0 Å². The Morgan fingerprint density at radius 1 is 1.36 bits per heavy atom. The first-order valence-corrected chi connectivity index (χ1v) is 8.72. The highest BCUT2D eigenvalue weighted by atomic mass is 79.9. The molecule has 0 fully saturated rings. The number of halogens is 1. The highest BCUT2D eigenvalue weighted by Gasteiger charge is 2.14. The zero-order chi connectivity index (χ0) is 15.9. The summed E-state index contributed by atoms with van der Waals surface area (Å²) in [6.07, 6.45) is 4.36. The van der Waals surface area contributed by atoms with Crippen LogP contribution in [0.4, 0.5) is 5.13 Å². The normalized spacial score (nSPS) is 10.5. The van der Waals surface area contributed by atoms with E-state index in [1.807, 2.05) is 0 Å². The number of amides is 1. The van der Waals surface area contributed by atoms with Crippen LogP contribution in [-0.4, -0.2) is 23.2 Å². The molecule has 22 heavy (non-hydrogen) atoms. The molecule has 0 aliphatic heterocycles. The average Bonchev–Trinajstić information content (AvgIpc) is 2.95. The van der Waals surface area contributed by atoms with E-state index >= 15 is 0 Å². The molecule has 0 bridgehead atoms. The van der Waals surface area contributed by atoms with Gasteiger partial charge in [0.25, 0.3) is 5.91 Å². The van der Waals surface area contributed by atoms with E-state index in [0.717, 1.165) is 17.8 Å². The third kappa shape index (κ3) is 4.51. The number of nitrogens with one attached hydrogen (secondary N) is 1. The Morgan fingerprint density at radius 2 is 2.18 bits per heavy atom. The Hall–Kier alpha value is -1.47. The van der Waals surface area contributed by atoms with E-state index < -0.39 is 0 Å². The molecule has 1 N–H and O–H groups in total. The van der Waals surface area contributed by atoms with Gasteiger partial charge in [-0.1, -0.05) is 31.1 Å². The first kappa shape index (κ1) is 16.9. The molecule has 0 unspecified atom stereocenters. The van der Waals surface area contributed by atoms with E-state index in [0.29, 0.717) is 20.9 Å². The molecule has 5 nitrogen and oxygen atoms in total. The van der Waals surface area contributed by atoms with Crippen molar-refractivity contribution in [1.29, 1.82) is 0 Å². The Morgan fingerprint density at radius 3 is 2.91 bits per heavy atom. The summed E-state index contributed by atoms with van der Waals surface area (Å²) in [5.41, 5.74) is 0.502. The van der Waals surface area contributed by atoms with E-state index in [1.165, 1.54) is 24.2 Å². The number of aromatic nitrogens is 2. The second-order valence-corrected chi connectivity index (χ2v) is 6.67. The van der Waals surface area contributed by atoms with Crippen molar-refractivity contribution in [2.24, 2.45) is 0 Å². The SMILES string of the molecule is CCCCCc1nnc(NC(=O)c2cc(OC)ccc2Br)s1. The first-order valence-electron chi connectivity index (χ1n) is 7.11. The van der Waals surface area contributed by atoms with Gasteiger partial charge in [0.1, 0.15) is 10.8 Å². The summed E-state index contributed by atoms with van der Waals surface area (Å²) in [4.78, 5) is 12.3. The van der Waals surface area contributed by atoms with Gasteiger partial charge in [-0.05, 0) is 40.5 Å². The molecule has 1 amide bonds. The number of anilines is 1. The minimum atomic E-state index is -0.234. The maximum atomic E-state index is 12.3. The van der Waals surface area contributed by atoms with Crippen LogP contribution in [0.3, 0.4) is 0 Å². The molecule has 0 aliphatic rings. The third-order valence-corrected chi connectivity index (χ3v) is 4.69. The molecular weight excluding hydrogens is 366 g/mol. The molecule has 0 spiro atoms. The fourth-order valence-corrected chi connectivity index (χ4v) is 3.10. The maximum Gasteiger partial charge on any atom is 0.258 e. The molecule has 0 saturated heterocycles. The average molecular weight is 384 g/mol. The van der Waals surface area contributed by atoms with Gasteiger partial charge in [-0.3, -0.25) is 10.1 Å². The molecule has 1 heterocycles. The predicted molar refractivity (Wildman–Crippen MR) is 91.8 cm³/mol. The lowest BCUT2D eigenvalue weighted by atomic mass is 10.2. The van der Waals surface area contributed by atoms with Crippen LogP contribution in [0.1, 0.15) is 41.6 Å². The Bertz CT molecular complexity index is 645. The van der Waals surface area contributed by atoms with Crippen LogP contribution in [0.15, 0.2) is 22.7 Å². The number of carbonyl (C=O) groups is 1. The fraction of sp³-hybridized carbons (Fsp3) is 0.400. The standard InChI is InChI=1S/C15H18BrN3O2S/c1-3-4-5-6-13-18-19-15(22-13)17-14(20)11-9-10(21-2)7-8-12(11)16/h7-9H,3-6H2,1-2H3,(H,17,19,20). The highest BCUT2D eigenvalue weighted by molar-refractivity contribution is 9.10. The predicted octanol–water partition coefficient (Wildman–Crippen LogP) is 4.29. The van der Waals surface area contributed by atoms with E-state index in [9.17, 15) is 4.79 Å². The molecule has 2 rings (SSSR count). The summed E-state index contributed by atoms with van der Waals surface area (Å²) in [7, 11) is 1.57. The minimum Gasteiger partial charge on any atom is -0.497 e. The summed E-state index contributed by atoms with van der Waals surface area (Å²) < 4.78 is 5.85. The lowest BCUT2D eigenvalue weighted by Crippen LogP contribution is -2.12. The number of nitrogens with zero attached hydrogens (tertiary/aromatic N) is 2. The zero-order valence-electron chi connectivity index (χ0n) is 12.6. The van der Waals surface area contributed by atoms with E-state index in [2.05, 4.69) is 38.4 Å². The number of benzene rings is 1. The van der Waals surface area contributed by atoms with Crippen LogP contribution in [-0.2, 0) is 6.42 Å². The van der Waals surface area contributed by atoms with Gasteiger partial charge in [0, 0.05) is 10.9 Å². The van der Waals surface area contributed by atoms with Gasteiger partial charge in [-0.25, -0.2) is 0 Å². The lowest BCUT2D eigenvalue weighted by Gasteiger charge is -2.06. The monoisotopic (exact) mass is 383 g/mol. The van der Waals surface area contributed by atoms with Gasteiger partial charge in [0.2, 0.25) is 5.13 Å². The second-order valence-electron chi connectivity index (χ2n) is 4.76. The zero-order valence-corrected chi connectivity index (χ0v) is 15.0. The smallest absolute Gasteiger partial charge is 0.258 e. The Kier molecular flexibility index (Phi) is 6.33. The second kappa shape index (κ2) is 8.24. The largest absolute Gasteiger partial charge is 0.497 e. The van der Waals surface area contributed by atoms with Crippen LogP contribution >= 0.6 is 27.3 Å². The fourth-order valence-electron chi connectivity index (χ4n) is 1.90. The molecule has 0 saturated carbocycles. The van der Waals surface area contributed by atoms with Crippen molar-refractivity contribution in [1.82, 2.24) is 10.2 Å². The molecule has 0 radical (unpaired) electrons. The maximum absolute atomic E-state index is 12.3. The summed E-state index contributed by atoms with van der Waals surface area (Å²) in [5, 5.41) is 12.4. The van der Waals surface area contributed by atoms with E-state index in [1.54, 1.807) is 25.3 Å². The molecular formula is C15H18BrN3O2S. The molecule has 118 valence electrons. The number of unbranched alkanes of at least 4 members (excludes halogenated alkanes) is 2. The molecule has 0 aliphatic carbocycles. The Balaban J connectivity index is 2.03. The van der Waals surface area contributed by atoms with Crippen molar-refractivity contribution in [3.05, 3.63) is 33.2 Å². The number of ether oxygens (including phenoxy) is 1. The van der Waals surface area contributed by atoms with Crippen LogP contribution in [0.25, 0.3) is 0 Å². The number of aryl methyl sites for hydroxylation is 1. The number of hydrogen-bond donors (Lipinski definition) is 1. The van der Waals surface area contributed by atoms with Crippen molar-refractivity contribution in [2.45, 2.75) is 32.6 Å². The summed E-state index contributed by atoms with van der Waals surface area (Å²) in [6.45, 7) is 2.16. The molecule has 0 atom stereocenters. The molecule has 1 aromatic heterocycles. The summed E-state index contributed by atoms with van der Waals surface area (Å²) in [6, 6.07) is 5.25. The van der Waals surface area contributed by atoms with Gasteiger partial charge in [0.15, 0.2) is 0 Å². The Labute approximate surface area is 142 Å². The van der Waals surface area contributed by atoms with Crippen LogP contribution in [0.5, 0.6) is 5.75 Å². The van der Waals surface area contributed by atoms with E-state index in [4.69, 9.17) is 4.74 Å². The number of hydrogen-bond acceptors (Lipinski definition) is 5.